The van der Waals surface area contributed by atoms with Crippen LogP contribution in [-0.4, -0.2) is 11.8 Å². The van der Waals surface area contributed by atoms with Crippen LogP contribution in [0.4, 0.5) is 11.4 Å². The normalized spacial score (nSPS) is 16.4. The van der Waals surface area contributed by atoms with Gasteiger partial charge < -0.3 is 14.3 Å². The Morgan fingerprint density at radius 2 is 1.31 bits per heavy atom. The second-order valence-electron chi connectivity index (χ2n) is 23.0. The number of rotatable bonds is 3. The fourth-order valence-electron chi connectivity index (χ4n) is 12.7. The number of thiophene rings is 1. The lowest BCUT2D eigenvalue weighted by molar-refractivity contribution is 0.332. The van der Waals surface area contributed by atoms with E-state index in [-0.39, 0.29) is 21.7 Å². The van der Waals surface area contributed by atoms with E-state index < -0.39 is 0 Å². The molecule has 331 valence electrons. The average Bonchev–Trinajstić information content (AvgIpc) is 4.04. The lowest BCUT2D eigenvalue weighted by Gasteiger charge is -2.42. The first-order chi connectivity index (χ1) is 32.6. The minimum atomic E-state index is -0.135. The van der Waals surface area contributed by atoms with Gasteiger partial charge in [0.05, 0.1) is 16.7 Å². The lowest BCUT2D eigenvalue weighted by Crippen LogP contribution is -2.38. The first-order valence-corrected chi connectivity index (χ1v) is 25.4. The zero-order chi connectivity index (χ0) is 46.4. The van der Waals surface area contributed by atoms with Gasteiger partial charge in [0.2, 0.25) is 0 Å². The van der Waals surface area contributed by atoms with Gasteiger partial charge in [-0.15, -0.1) is 11.3 Å². The van der Waals surface area contributed by atoms with Crippen LogP contribution >= 0.6 is 11.3 Å². The van der Waals surface area contributed by atoms with Crippen LogP contribution in [0.25, 0.3) is 91.9 Å². The number of para-hydroxylation sites is 1. The molecule has 0 spiro atoms. The topological polar surface area (TPSA) is 30.1 Å². The quantitative estimate of drug-likeness (QED) is 0.179. The molecule has 2 aliphatic carbocycles. The highest BCUT2D eigenvalue weighted by Crippen LogP contribution is 2.55. The Morgan fingerprint density at radius 1 is 0.603 bits per heavy atom. The minimum Gasteiger partial charge on any atom is -0.456 e. The highest BCUT2D eigenvalue weighted by atomic mass is 32.1. The molecular weight excluding hydrogens is 844 g/mol. The van der Waals surface area contributed by atoms with Gasteiger partial charge in [-0.25, -0.2) is 0 Å². The van der Waals surface area contributed by atoms with Crippen molar-refractivity contribution in [2.45, 2.75) is 96.8 Å². The van der Waals surface area contributed by atoms with Gasteiger partial charge in [-0.1, -0.05) is 147 Å². The maximum absolute atomic E-state index is 6.69. The van der Waals surface area contributed by atoms with Crippen LogP contribution in [0.2, 0.25) is 0 Å². The molecule has 4 heterocycles. The number of anilines is 2. The predicted octanol–water partition coefficient (Wildman–Crippen LogP) is 16.4. The van der Waals surface area contributed by atoms with Crippen molar-refractivity contribution < 1.29 is 4.42 Å². The number of benzene rings is 8. The summed E-state index contributed by atoms with van der Waals surface area (Å²) in [5.41, 5.74) is 22.5. The number of furan rings is 1. The lowest BCUT2D eigenvalue weighted by atomic mass is 9.58. The summed E-state index contributed by atoms with van der Waals surface area (Å²) in [5.74, 6) is 0. The Labute approximate surface area is 403 Å². The van der Waals surface area contributed by atoms with Crippen molar-refractivity contribution in [3.63, 3.8) is 0 Å². The van der Waals surface area contributed by atoms with E-state index in [2.05, 4.69) is 213 Å². The molecule has 14 rings (SSSR count). The van der Waals surface area contributed by atoms with Crippen LogP contribution in [0.15, 0.2) is 138 Å². The monoisotopic (exact) mass is 897 g/mol. The van der Waals surface area contributed by atoms with E-state index in [1.165, 1.54) is 122 Å². The van der Waals surface area contributed by atoms with Gasteiger partial charge >= 0.3 is 0 Å². The predicted molar refractivity (Wildman–Crippen MR) is 293 cm³/mol. The molecule has 3 aliphatic rings. The molecule has 0 atom stereocenters. The molecule has 11 aromatic rings. The van der Waals surface area contributed by atoms with Gasteiger partial charge in [-0.2, -0.15) is 0 Å². The third-order valence-electron chi connectivity index (χ3n) is 16.6. The van der Waals surface area contributed by atoms with E-state index in [1.54, 1.807) is 0 Å². The van der Waals surface area contributed by atoms with Crippen LogP contribution in [0.5, 0.6) is 0 Å². The van der Waals surface area contributed by atoms with Gasteiger partial charge in [0, 0.05) is 70.1 Å². The van der Waals surface area contributed by atoms with Crippen LogP contribution in [0.3, 0.4) is 0 Å². The summed E-state index contributed by atoms with van der Waals surface area (Å²) in [7, 11) is 2.55. The van der Waals surface area contributed by atoms with Crippen LogP contribution in [0, 0.1) is 0 Å². The van der Waals surface area contributed by atoms with E-state index in [1.807, 2.05) is 11.3 Å². The molecule has 8 aromatic carbocycles. The molecule has 0 amide bonds. The second kappa shape index (κ2) is 13.4. The number of aromatic nitrogens is 1. The summed E-state index contributed by atoms with van der Waals surface area (Å²) in [5, 5.41) is 11.6. The SMILES string of the molecule is CC(C)(C)c1ccc(Nc2cc3oc4ccccc4c3cc2-c2c3c4c(c5cc6c(cc5n4-c4cc5c(cc4[B]3)-c3ccccc3C5(C)C)C(C)(C)CCC6(C)C)c3sc4ccccc4c23)cc1. The summed E-state index contributed by atoms with van der Waals surface area (Å²) in [6.45, 7) is 21.5. The summed E-state index contributed by atoms with van der Waals surface area (Å²) in [6.07, 6.45) is 2.34. The molecule has 3 nitrogen and oxygen atoms in total. The number of nitrogens with one attached hydrogen (secondary N) is 1. The van der Waals surface area contributed by atoms with Crippen molar-refractivity contribution in [1.29, 1.82) is 0 Å². The van der Waals surface area contributed by atoms with E-state index >= 15 is 0 Å². The first kappa shape index (κ1) is 40.5. The van der Waals surface area contributed by atoms with Gasteiger partial charge in [0.25, 0.3) is 0 Å². The molecule has 1 radical (unpaired) electrons. The zero-order valence-corrected chi connectivity index (χ0v) is 41.3. The van der Waals surface area contributed by atoms with Crippen molar-refractivity contribution in [1.82, 2.24) is 4.57 Å². The maximum atomic E-state index is 6.69. The average molecular weight is 898 g/mol. The minimum absolute atomic E-state index is 0.0495. The van der Waals surface area contributed by atoms with Crippen molar-refractivity contribution in [3.05, 3.63) is 161 Å². The van der Waals surface area contributed by atoms with Crippen LogP contribution < -0.4 is 16.2 Å². The Bertz CT molecular complexity index is 4030. The highest BCUT2D eigenvalue weighted by molar-refractivity contribution is 7.27. The summed E-state index contributed by atoms with van der Waals surface area (Å²) < 4.78 is 12.0. The van der Waals surface area contributed by atoms with E-state index in [0.29, 0.717) is 0 Å². The third-order valence-corrected chi connectivity index (χ3v) is 17.8. The number of hydrogen-bond donors (Lipinski definition) is 1. The molecule has 0 saturated heterocycles. The number of hydrogen-bond acceptors (Lipinski definition) is 3. The fourth-order valence-corrected chi connectivity index (χ4v) is 14.0. The highest BCUT2D eigenvalue weighted by Gasteiger charge is 2.41. The third kappa shape index (κ3) is 5.43. The summed E-state index contributed by atoms with van der Waals surface area (Å²) >= 11 is 1.96. The number of fused-ring (bicyclic) bond motifs is 16. The first-order valence-electron chi connectivity index (χ1n) is 24.5. The summed E-state index contributed by atoms with van der Waals surface area (Å²) in [6, 6.07) is 50.7. The maximum Gasteiger partial charge on any atom is 0.197 e. The molecular formula is C63H54BN2OS. The van der Waals surface area contributed by atoms with Gasteiger partial charge in [-0.3, -0.25) is 0 Å². The molecule has 5 heteroatoms. The molecule has 0 bridgehead atoms. The van der Waals surface area contributed by atoms with Crippen molar-refractivity contribution >= 4 is 105 Å². The molecule has 68 heavy (non-hydrogen) atoms. The molecule has 1 aliphatic heterocycles. The Hall–Kier alpha value is -6.56. The van der Waals surface area contributed by atoms with Gasteiger partial charge in [-0.05, 0) is 128 Å². The molecule has 0 unspecified atom stereocenters. The summed E-state index contributed by atoms with van der Waals surface area (Å²) in [4.78, 5) is 0. The van der Waals surface area contributed by atoms with E-state index in [0.717, 1.165) is 33.3 Å². The molecule has 3 aromatic heterocycles. The molecule has 0 fully saturated rings. The Balaban J connectivity index is 1.17. The van der Waals surface area contributed by atoms with Crippen molar-refractivity contribution in [2.24, 2.45) is 0 Å². The Kier molecular flexibility index (Phi) is 7.96. The van der Waals surface area contributed by atoms with Crippen molar-refractivity contribution in [2.75, 3.05) is 5.32 Å². The fraction of sp³-hybridized carbons (Fsp3) is 0.238. The molecule has 1 N–H and O–H groups in total. The molecule has 0 saturated carbocycles. The van der Waals surface area contributed by atoms with E-state index in [9.17, 15) is 0 Å². The van der Waals surface area contributed by atoms with E-state index in [4.69, 9.17) is 4.42 Å². The van der Waals surface area contributed by atoms with Crippen LogP contribution in [0.1, 0.15) is 103 Å². The smallest absolute Gasteiger partial charge is 0.197 e. The number of nitrogens with zero attached hydrogens (tertiary/aromatic N) is 1. The largest absolute Gasteiger partial charge is 0.456 e. The van der Waals surface area contributed by atoms with Gasteiger partial charge in [0.15, 0.2) is 7.28 Å². The van der Waals surface area contributed by atoms with Gasteiger partial charge in [0.1, 0.15) is 11.2 Å². The zero-order valence-electron chi connectivity index (χ0n) is 40.5. The Morgan fingerprint density at radius 3 is 2.09 bits per heavy atom. The van der Waals surface area contributed by atoms with Crippen molar-refractivity contribution in [3.8, 4) is 27.9 Å². The second-order valence-corrected chi connectivity index (χ2v) is 24.1. The standard InChI is InChI=1S/C63H54BN2OS/c1-60(2,3)34-22-24-35(25-23-34)65-48-33-52-40(37-17-11-14-20-51(37)67-52)28-41(48)54-55-38-18-12-15-21-53(38)68-59(55)56-42-29-45-46(62(6,7)27-26-61(45,4)5)32-49(42)66-50-31-44-39(30-47(50)64-57(54)58(56)66)36-16-10-13-19-43(36)63(44,8)9/h10-25,28-33,65H,26-27H2,1-9H3. The van der Waals surface area contributed by atoms with Crippen LogP contribution in [-0.2, 0) is 21.7 Å².